The van der Waals surface area contributed by atoms with E-state index >= 15 is 0 Å². The predicted octanol–water partition coefficient (Wildman–Crippen LogP) is 1.73. The van der Waals surface area contributed by atoms with Crippen LogP contribution in [0.15, 0.2) is 0 Å². The van der Waals surface area contributed by atoms with E-state index in [2.05, 4.69) is 17.0 Å². The van der Waals surface area contributed by atoms with Gasteiger partial charge in [-0.3, -0.25) is 4.79 Å². The van der Waals surface area contributed by atoms with Gasteiger partial charge in [0.1, 0.15) is 0 Å². The largest absolute Gasteiger partial charge is 0.355 e. The van der Waals surface area contributed by atoms with Crippen LogP contribution in [-0.2, 0) is 4.79 Å². The molecule has 0 spiro atoms. The molecule has 0 aliphatic heterocycles. The Labute approximate surface area is 72.0 Å². The smallest absolute Gasteiger partial charge is 0.216 e. The van der Waals surface area contributed by atoms with Gasteiger partial charge in [0.2, 0.25) is 5.91 Å². The summed E-state index contributed by atoms with van der Waals surface area (Å²) < 4.78 is 0. The lowest BCUT2D eigenvalue weighted by atomic mass is 10.6. The summed E-state index contributed by atoms with van der Waals surface area (Å²) in [5, 5.41) is 2.64. The van der Waals surface area contributed by atoms with Crippen molar-refractivity contribution in [3.8, 4) is 0 Å². The third-order valence-electron chi connectivity index (χ3n) is 0.567. The summed E-state index contributed by atoms with van der Waals surface area (Å²) in [7, 11) is 1.42. The van der Waals surface area contributed by atoms with Crippen molar-refractivity contribution in [2.45, 2.75) is 20.8 Å². The van der Waals surface area contributed by atoms with Crippen molar-refractivity contribution in [3.05, 3.63) is 0 Å². The summed E-state index contributed by atoms with van der Waals surface area (Å²) in [4.78, 5) is 10.2. The van der Waals surface area contributed by atoms with Crippen molar-refractivity contribution in [3.63, 3.8) is 0 Å². The lowest BCUT2D eigenvalue weighted by Crippen LogP contribution is -2.21. The molecule has 0 rings (SSSR count). The summed E-state index contributed by atoms with van der Waals surface area (Å²) in [6.07, 6.45) is 0. The van der Waals surface area contributed by atoms with Crippen molar-refractivity contribution < 1.29 is 4.79 Å². The van der Waals surface area contributed by atoms with E-state index in [1.807, 2.05) is 13.8 Å². The summed E-state index contributed by atoms with van der Waals surface area (Å²) in [5.74, 6) is 0.885. The maximum atomic E-state index is 10.2. The van der Waals surface area contributed by atoms with E-state index in [0.717, 1.165) is 5.75 Å². The monoisotopic (exact) mass is 181 g/mol. The number of hydrogen-bond donors (Lipinski definition) is 2. The fourth-order valence-corrected chi connectivity index (χ4v) is 0.740. The predicted molar refractivity (Wildman–Crippen MR) is 51.5 cm³/mol. The van der Waals surface area contributed by atoms with Gasteiger partial charge in [0.15, 0.2) is 0 Å². The van der Waals surface area contributed by atoms with Gasteiger partial charge in [0.25, 0.3) is 0 Å². The number of rotatable bonds is 3. The molecule has 0 aliphatic rings. The van der Waals surface area contributed by atoms with Crippen LogP contribution in [0.25, 0.3) is 0 Å². The second kappa shape index (κ2) is 11.9. The highest BCUT2D eigenvalue weighted by molar-refractivity contribution is 8.68. The Hall–Kier alpha value is 0.170. The highest BCUT2D eigenvalue weighted by Gasteiger charge is 1.86. The van der Waals surface area contributed by atoms with Crippen molar-refractivity contribution in [1.82, 2.24) is 5.32 Å². The summed E-state index contributed by atoms with van der Waals surface area (Å²) in [6.45, 7) is 6.21. The van der Waals surface area contributed by atoms with Crippen LogP contribution in [0, 0.1) is 0 Å². The number of thiol groups is 1. The Morgan fingerprint density at radius 2 is 2.10 bits per heavy atom. The lowest BCUT2D eigenvalue weighted by molar-refractivity contribution is -0.118. The third kappa shape index (κ3) is 15.7. The third-order valence-corrected chi connectivity index (χ3v) is 1.50. The highest BCUT2D eigenvalue weighted by Crippen LogP contribution is 2.00. The van der Waals surface area contributed by atoms with Crippen molar-refractivity contribution in [2.75, 3.05) is 12.3 Å². The molecule has 0 aliphatic carbocycles. The first-order valence-corrected chi connectivity index (χ1v) is 5.32. The Morgan fingerprint density at radius 3 is 2.40 bits per heavy atom. The van der Waals surface area contributed by atoms with Gasteiger partial charge >= 0.3 is 0 Å². The van der Waals surface area contributed by atoms with Gasteiger partial charge in [-0.05, 0) is 0 Å². The SMILES string of the molecule is CC.CC(=O)NCCSS. The van der Waals surface area contributed by atoms with Gasteiger partial charge in [0.05, 0.1) is 0 Å². The molecule has 0 heterocycles. The molecule has 62 valence electrons. The lowest BCUT2D eigenvalue weighted by Gasteiger charge is -1.95. The van der Waals surface area contributed by atoms with E-state index in [0.29, 0.717) is 6.54 Å². The molecule has 2 nitrogen and oxygen atoms in total. The zero-order chi connectivity index (χ0) is 8.41. The van der Waals surface area contributed by atoms with Crippen LogP contribution in [0.1, 0.15) is 20.8 Å². The van der Waals surface area contributed by atoms with Gasteiger partial charge in [-0.1, -0.05) is 24.6 Å². The van der Waals surface area contributed by atoms with E-state index in [9.17, 15) is 4.79 Å². The van der Waals surface area contributed by atoms with Gasteiger partial charge < -0.3 is 5.32 Å². The Kier molecular flexibility index (Phi) is 15.3. The van der Waals surface area contributed by atoms with Crippen molar-refractivity contribution in [2.24, 2.45) is 0 Å². The molecule has 1 amide bonds. The van der Waals surface area contributed by atoms with Crippen molar-refractivity contribution in [1.29, 1.82) is 0 Å². The molecule has 0 aromatic heterocycles. The molecule has 0 radical (unpaired) electrons. The molecule has 0 aromatic rings. The normalized spacial score (nSPS) is 7.60. The molecule has 1 N–H and O–H groups in total. The quantitative estimate of drug-likeness (QED) is 0.394. The Morgan fingerprint density at radius 1 is 1.60 bits per heavy atom. The molecular weight excluding hydrogens is 166 g/mol. The summed E-state index contributed by atoms with van der Waals surface area (Å²) in [5.41, 5.74) is 0. The molecule has 0 saturated heterocycles. The van der Waals surface area contributed by atoms with Gasteiger partial charge in [-0.2, -0.15) is 0 Å². The number of nitrogens with one attached hydrogen (secondary N) is 1. The minimum atomic E-state index is 0.0207. The molecule has 10 heavy (non-hydrogen) atoms. The van der Waals surface area contributed by atoms with E-state index in [1.165, 1.54) is 17.7 Å². The van der Waals surface area contributed by atoms with Crippen LogP contribution in [-0.4, -0.2) is 18.2 Å². The van der Waals surface area contributed by atoms with Crippen LogP contribution in [0.2, 0.25) is 0 Å². The maximum absolute atomic E-state index is 10.2. The topological polar surface area (TPSA) is 29.1 Å². The minimum absolute atomic E-state index is 0.0207. The fraction of sp³-hybridized carbons (Fsp3) is 0.833. The molecular formula is C6H15NOS2. The average molecular weight is 181 g/mol. The van der Waals surface area contributed by atoms with Crippen LogP contribution in [0.5, 0.6) is 0 Å². The number of carbonyl (C=O) groups excluding carboxylic acids is 1. The first-order valence-electron chi connectivity index (χ1n) is 3.28. The molecule has 0 bridgehead atoms. The standard InChI is InChI=1S/C4H9NOS2.C2H6/c1-4(6)5-2-3-8-7;1-2/h7H,2-3H2,1H3,(H,5,6);1-2H3. The van der Waals surface area contributed by atoms with Crippen molar-refractivity contribution >= 4 is 28.4 Å². The molecule has 0 aromatic carbocycles. The van der Waals surface area contributed by atoms with Gasteiger partial charge in [-0.15, -0.1) is 11.7 Å². The molecule has 0 unspecified atom stereocenters. The second-order valence-electron chi connectivity index (χ2n) is 1.32. The van der Waals surface area contributed by atoms with Gasteiger partial charge in [-0.25, -0.2) is 0 Å². The Bertz CT molecular complexity index is 78.1. The zero-order valence-corrected chi connectivity index (χ0v) is 8.39. The van der Waals surface area contributed by atoms with Crippen LogP contribution >= 0.6 is 22.5 Å². The van der Waals surface area contributed by atoms with Crippen LogP contribution in [0.4, 0.5) is 0 Å². The van der Waals surface area contributed by atoms with E-state index in [1.54, 1.807) is 0 Å². The molecule has 4 heteroatoms. The number of amides is 1. The minimum Gasteiger partial charge on any atom is -0.355 e. The van der Waals surface area contributed by atoms with E-state index < -0.39 is 0 Å². The second-order valence-corrected chi connectivity index (χ2v) is 2.76. The molecule has 0 fully saturated rings. The number of carbonyl (C=O) groups is 1. The molecule has 0 atom stereocenters. The first kappa shape index (κ1) is 12.8. The highest BCUT2D eigenvalue weighted by atomic mass is 33.1. The van der Waals surface area contributed by atoms with Crippen LogP contribution in [0.3, 0.4) is 0 Å². The van der Waals surface area contributed by atoms with Crippen LogP contribution < -0.4 is 5.32 Å². The maximum Gasteiger partial charge on any atom is 0.216 e. The first-order chi connectivity index (χ1) is 4.77. The van der Waals surface area contributed by atoms with Gasteiger partial charge in [0, 0.05) is 19.2 Å². The fourth-order valence-electron chi connectivity index (χ4n) is 0.273. The Balaban J connectivity index is 0. The van der Waals surface area contributed by atoms with E-state index in [4.69, 9.17) is 0 Å². The number of hydrogen-bond acceptors (Lipinski definition) is 3. The average Bonchev–Trinajstić information content (AvgIpc) is 1.92. The zero-order valence-electron chi connectivity index (χ0n) is 6.68. The molecule has 0 saturated carbocycles. The summed E-state index contributed by atoms with van der Waals surface area (Å²) in [6, 6.07) is 0. The van der Waals surface area contributed by atoms with E-state index in [-0.39, 0.29) is 5.91 Å². The summed E-state index contributed by atoms with van der Waals surface area (Å²) >= 11 is 3.89.